The van der Waals surface area contributed by atoms with E-state index in [0.717, 1.165) is 45.0 Å². The molecule has 2 aromatic heterocycles. The maximum atomic E-state index is 10.0. The van der Waals surface area contributed by atoms with Crippen LogP contribution in [0.1, 0.15) is 87.4 Å². The Morgan fingerprint density at radius 3 is 1.92 bits per heavy atom. The molecule has 0 fully saturated rings. The van der Waals surface area contributed by atoms with Crippen LogP contribution in [0.5, 0.6) is 0 Å². The van der Waals surface area contributed by atoms with Crippen molar-refractivity contribution in [3.63, 3.8) is 0 Å². The van der Waals surface area contributed by atoms with Crippen molar-refractivity contribution < 1.29 is 8.98 Å². The molecular weight excluding hydrogens is 601 g/mol. The van der Waals surface area contributed by atoms with Crippen molar-refractivity contribution in [1.29, 1.82) is 5.26 Å². The van der Waals surface area contributed by atoms with Crippen LogP contribution in [0.2, 0.25) is 0 Å². The number of rotatable bonds is 7. The van der Waals surface area contributed by atoms with Crippen LogP contribution in [0.4, 0.5) is 0 Å². The highest BCUT2D eigenvalue weighted by Crippen LogP contribution is 2.41. The molecule has 244 valence electrons. The first kappa shape index (κ1) is 32.1. The Labute approximate surface area is 289 Å². The molecule has 0 amide bonds. The van der Waals surface area contributed by atoms with E-state index in [1.807, 2.05) is 12.1 Å². The lowest BCUT2D eigenvalue weighted by atomic mass is 9.87. The highest BCUT2D eigenvalue weighted by atomic mass is 16.3. The predicted molar refractivity (Wildman–Crippen MR) is 200 cm³/mol. The standard InChI is InChI=1S/C44H43N4O/c1-26(2)35-22-34(33-17-15-32(16-18-33)31-12-10-9-11-13-31)23-36(27(3)4)42(35)48-40-21-30(25-45)14-19-39(40)47(8)44(48)37-24-41-38(20-29(37)7)46-43(49-41)28(5)6/h9-24,26-28H,1-8H3/q+1. The number of fused-ring (bicyclic) bond motifs is 2. The van der Waals surface area contributed by atoms with Gasteiger partial charge in [-0.3, -0.25) is 0 Å². The number of nitriles is 1. The maximum absolute atomic E-state index is 10.0. The number of imidazole rings is 1. The number of aromatic nitrogens is 3. The summed E-state index contributed by atoms with van der Waals surface area (Å²) >= 11 is 0. The minimum Gasteiger partial charge on any atom is -0.440 e. The molecule has 49 heavy (non-hydrogen) atoms. The van der Waals surface area contributed by atoms with Gasteiger partial charge in [0.15, 0.2) is 22.5 Å². The van der Waals surface area contributed by atoms with E-state index in [4.69, 9.17) is 9.40 Å². The molecule has 0 saturated carbocycles. The van der Waals surface area contributed by atoms with Gasteiger partial charge in [-0.1, -0.05) is 96.1 Å². The second-order valence-electron chi connectivity index (χ2n) is 14.1. The summed E-state index contributed by atoms with van der Waals surface area (Å²) in [5.41, 5.74) is 15.0. The molecule has 0 N–H and O–H groups in total. The van der Waals surface area contributed by atoms with E-state index in [1.165, 1.54) is 39.1 Å². The third kappa shape index (κ3) is 5.62. The lowest BCUT2D eigenvalue weighted by Gasteiger charge is -2.21. The molecule has 0 aliphatic heterocycles. The van der Waals surface area contributed by atoms with Crippen LogP contribution in [0, 0.1) is 18.3 Å². The van der Waals surface area contributed by atoms with Crippen LogP contribution in [0.15, 0.2) is 101 Å². The van der Waals surface area contributed by atoms with E-state index in [2.05, 4.69) is 156 Å². The first-order valence-corrected chi connectivity index (χ1v) is 17.3. The largest absolute Gasteiger partial charge is 0.440 e. The third-order valence-electron chi connectivity index (χ3n) is 9.68. The molecule has 0 bridgehead atoms. The number of oxazole rings is 1. The SMILES string of the molecule is Cc1cc2nc(C(C)C)oc2cc1-c1n(-c2c(C(C)C)cc(-c3ccc(-c4ccccc4)cc3)cc2C(C)C)c2cc(C#N)ccc2[n+]1C. The number of aryl methyl sites for hydroxylation is 2. The monoisotopic (exact) mass is 643 g/mol. The van der Waals surface area contributed by atoms with Crippen LogP contribution >= 0.6 is 0 Å². The van der Waals surface area contributed by atoms with E-state index in [1.54, 1.807) is 0 Å². The zero-order valence-corrected chi connectivity index (χ0v) is 29.7. The summed E-state index contributed by atoms with van der Waals surface area (Å²) in [5.74, 6) is 2.44. The molecule has 5 nitrogen and oxygen atoms in total. The minimum atomic E-state index is 0.193. The van der Waals surface area contributed by atoms with Crippen molar-refractivity contribution in [2.45, 2.75) is 66.2 Å². The average Bonchev–Trinajstić information content (AvgIpc) is 3.65. The Morgan fingerprint density at radius 2 is 1.33 bits per heavy atom. The summed E-state index contributed by atoms with van der Waals surface area (Å²) in [4.78, 5) is 4.80. The van der Waals surface area contributed by atoms with Crippen molar-refractivity contribution in [3.8, 4) is 45.4 Å². The van der Waals surface area contributed by atoms with Gasteiger partial charge in [0, 0.05) is 23.1 Å². The molecule has 0 radical (unpaired) electrons. The van der Waals surface area contributed by atoms with Gasteiger partial charge in [-0.25, -0.2) is 9.55 Å². The van der Waals surface area contributed by atoms with Crippen LogP contribution in [0.3, 0.4) is 0 Å². The molecule has 0 aliphatic carbocycles. The molecule has 0 spiro atoms. The fourth-order valence-corrected chi connectivity index (χ4v) is 7.02. The van der Waals surface area contributed by atoms with Crippen LogP contribution in [-0.4, -0.2) is 9.55 Å². The lowest BCUT2D eigenvalue weighted by Crippen LogP contribution is -2.30. The molecular formula is C44H43N4O+. The average molecular weight is 644 g/mol. The quantitative estimate of drug-likeness (QED) is 0.162. The molecule has 0 unspecified atom stereocenters. The first-order valence-electron chi connectivity index (χ1n) is 17.3. The first-order chi connectivity index (χ1) is 23.5. The Hall–Kier alpha value is -5.47. The molecule has 0 aliphatic rings. The zero-order valence-electron chi connectivity index (χ0n) is 29.7. The fraction of sp³-hybridized carbons (Fsp3) is 0.250. The molecule has 2 heterocycles. The van der Waals surface area contributed by atoms with Crippen LogP contribution in [0.25, 0.3) is 61.5 Å². The summed E-state index contributed by atoms with van der Waals surface area (Å²) in [6, 6.07) is 36.9. The highest BCUT2D eigenvalue weighted by molar-refractivity contribution is 5.86. The van der Waals surface area contributed by atoms with Gasteiger partial charge in [0.25, 0.3) is 5.82 Å². The van der Waals surface area contributed by atoms with Gasteiger partial charge >= 0.3 is 0 Å². The van der Waals surface area contributed by atoms with Gasteiger partial charge < -0.3 is 4.42 Å². The van der Waals surface area contributed by atoms with Gasteiger partial charge in [-0.2, -0.15) is 9.83 Å². The van der Waals surface area contributed by atoms with Crippen molar-refractivity contribution in [1.82, 2.24) is 9.55 Å². The normalized spacial score (nSPS) is 11.8. The topological polar surface area (TPSA) is 58.6 Å². The van der Waals surface area contributed by atoms with E-state index >= 15 is 0 Å². The Kier molecular flexibility index (Phi) is 8.20. The van der Waals surface area contributed by atoms with E-state index < -0.39 is 0 Å². The van der Waals surface area contributed by atoms with Crippen molar-refractivity contribution in [3.05, 3.63) is 125 Å². The van der Waals surface area contributed by atoms with Crippen LogP contribution in [-0.2, 0) is 7.05 Å². The summed E-state index contributed by atoms with van der Waals surface area (Å²) in [6.45, 7) is 15.5. The van der Waals surface area contributed by atoms with Gasteiger partial charge in [-0.05, 0) is 83.0 Å². The van der Waals surface area contributed by atoms with Crippen molar-refractivity contribution in [2.24, 2.45) is 7.05 Å². The molecule has 5 aromatic carbocycles. The molecule has 0 saturated heterocycles. The smallest absolute Gasteiger partial charge is 0.295 e. The Balaban J connectivity index is 1.52. The molecule has 0 atom stereocenters. The second-order valence-corrected chi connectivity index (χ2v) is 14.1. The van der Waals surface area contributed by atoms with Gasteiger partial charge in [0.05, 0.1) is 24.2 Å². The van der Waals surface area contributed by atoms with Crippen molar-refractivity contribution in [2.75, 3.05) is 0 Å². The minimum absolute atomic E-state index is 0.193. The van der Waals surface area contributed by atoms with Gasteiger partial charge in [0.2, 0.25) is 0 Å². The van der Waals surface area contributed by atoms with E-state index in [9.17, 15) is 5.26 Å². The van der Waals surface area contributed by atoms with E-state index in [0.29, 0.717) is 5.56 Å². The maximum Gasteiger partial charge on any atom is 0.295 e. The zero-order chi connectivity index (χ0) is 34.6. The summed E-state index contributed by atoms with van der Waals surface area (Å²) < 4.78 is 11.0. The van der Waals surface area contributed by atoms with Crippen LogP contribution < -0.4 is 4.57 Å². The molecule has 5 heteroatoms. The third-order valence-corrected chi connectivity index (χ3v) is 9.68. The molecule has 7 aromatic rings. The van der Waals surface area contributed by atoms with Gasteiger partial charge in [-0.15, -0.1) is 0 Å². The number of benzene rings is 5. The summed E-state index contributed by atoms with van der Waals surface area (Å²) in [6.07, 6.45) is 0. The summed E-state index contributed by atoms with van der Waals surface area (Å²) in [7, 11) is 2.12. The van der Waals surface area contributed by atoms with E-state index in [-0.39, 0.29) is 17.8 Å². The van der Waals surface area contributed by atoms with Crippen molar-refractivity contribution >= 4 is 22.1 Å². The predicted octanol–water partition coefficient (Wildman–Crippen LogP) is 11.1. The molecule has 7 rings (SSSR count). The number of hydrogen-bond acceptors (Lipinski definition) is 3. The number of hydrogen-bond donors (Lipinski definition) is 0. The fourth-order valence-electron chi connectivity index (χ4n) is 7.02. The Morgan fingerprint density at radius 1 is 0.714 bits per heavy atom. The number of nitrogens with zero attached hydrogens (tertiary/aromatic N) is 4. The highest BCUT2D eigenvalue weighted by Gasteiger charge is 2.33. The lowest BCUT2D eigenvalue weighted by molar-refractivity contribution is -0.633. The summed E-state index contributed by atoms with van der Waals surface area (Å²) in [5, 5.41) is 10.0. The Bertz CT molecular complexity index is 2350. The second kappa shape index (κ2) is 12.5. The van der Waals surface area contributed by atoms with Gasteiger partial charge in [0.1, 0.15) is 11.2 Å².